The molecule has 1 aliphatic carbocycles. The highest BCUT2D eigenvalue weighted by Crippen LogP contribution is 2.24. The van der Waals surface area contributed by atoms with E-state index in [2.05, 4.69) is 12.2 Å². The van der Waals surface area contributed by atoms with Gasteiger partial charge in [0.2, 0.25) is 0 Å². The number of hydrogen-bond donors (Lipinski definition) is 1. The lowest BCUT2D eigenvalue weighted by atomic mass is 10.1. The standard InChI is InChI=1S/C9H17NO2/c1-3-12-9(11)10-8-5-4-7(2)6-8/h7-8H,3-6H2,1-2H3,(H,10,11). The van der Waals surface area contributed by atoms with Crippen LogP contribution in [0.5, 0.6) is 0 Å². The molecular formula is C9H17NO2. The summed E-state index contributed by atoms with van der Waals surface area (Å²) in [6.45, 7) is 4.48. The van der Waals surface area contributed by atoms with Crippen LogP contribution < -0.4 is 5.32 Å². The van der Waals surface area contributed by atoms with E-state index in [9.17, 15) is 4.79 Å². The molecule has 3 heteroatoms. The van der Waals surface area contributed by atoms with Crippen molar-refractivity contribution in [3.8, 4) is 0 Å². The van der Waals surface area contributed by atoms with Gasteiger partial charge in [0.15, 0.2) is 0 Å². The normalized spacial score (nSPS) is 28.5. The van der Waals surface area contributed by atoms with Crippen LogP contribution in [0.4, 0.5) is 4.79 Å². The molecule has 0 heterocycles. The summed E-state index contributed by atoms with van der Waals surface area (Å²) < 4.78 is 4.79. The molecule has 0 bridgehead atoms. The molecule has 1 saturated carbocycles. The van der Waals surface area contributed by atoms with Gasteiger partial charge in [0.1, 0.15) is 0 Å². The lowest BCUT2D eigenvalue weighted by molar-refractivity contribution is 0.148. The Morgan fingerprint density at radius 1 is 1.58 bits per heavy atom. The molecule has 0 aromatic heterocycles. The highest BCUT2D eigenvalue weighted by Gasteiger charge is 2.22. The lowest BCUT2D eigenvalue weighted by Crippen LogP contribution is -2.33. The third-order valence-electron chi connectivity index (χ3n) is 2.29. The smallest absolute Gasteiger partial charge is 0.407 e. The quantitative estimate of drug-likeness (QED) is 0.689. The second-order valence-corrected chi connectivity index (χ2v) is 3.48. The van der Waals surface area contributed by atoms with Crippen LogP contribution in [-0.2, 0) is 4.74 Å². The molecule has 2 atom stereocenters. The second kappa shape index (κ2) is 4.33. The summed E-state index contributed by atoms with van der Waals surface area (Å²) in [5, 5.41) is 2.85. The van der Waals surface area contributed by atoms with Crippen molar-refractivity contribution in [2.75, 3.05) is 6.61 Å². The molecule has 1 amide bonds. The zero-order chi connectivity index (χ0) is 8.97. The van der Waals surface area contributed by atoms with Crippen molar-refractivity contribution >= 4 is 6.09 Å². The van der Waals surface area contributed by atoms with E-state index < -0.39 is 0 Å². The van der Waals surface area contributed by atoms with Crippen molar-refractivity contribution in [2.45, 2.75) is 39.2 Å². The van der Waals surface area contributed by atoms with Gasteiger partial charge in [-0.1, -0.05) is 6.92 Å². The molecular weight excluding hydrogens is 154 g/mol. The van der Waals surface area contributed by atoms with Crippen molar-refractivity contribution in [3.05, 3.63) is 0 Å². The zero-order valence-corrected chi connectivity index (χ0v) is 7.80. The van der Waals surface area contributed by atoms with Crippen molar-refractivity contribution in [2.24, 2.45) is 5.92 Å². The van der Waals surface area contributed by atoms with E-state index in [0.29, 0.717) is 12.6 Å². The first kappa shape index (κ1) is 9.36. The van der Waals surface area contributed by atoms with Crippen molar-refractivity contribution in [3.63, 3.8) is 0 Å². The average molecular weight is 171 g/mol. The van der Waals surface area contributed by atoms with Gasteiger partial charge in [-0.25, -0.2) is 4.79 Å². The summed E-state index contributed by atoms with van der Waals surface area (Å²) in [6, 6.07) is 0.346. The summed E-state index contributed by atoms with van der Waals surface area (Å²) >= 11 is 0. The number of alkyl carbamates (subject to hydrolysis) is 1. The number of amides is 1. The molecule has 2 unspecified atom stereocenters. The molecule has 0 aromatic rings. The van der Waals surface area contributed by atoms with Crippen molar-refractivity contribution in [1.82, 2.24) is 5.32 Å². The largest absolute Gasteiger partial charge is 0.450 e. The number of ether oxygens (including phenoxy) is 1. The SMILES string of the molecule is CCOC(=O)NC1CCC(C)C1. The minimum absolute atomic E-state index is 0.267. The molecule has 70 valence electrons. The highest BCUT2D eigenvalue weighted by molar-refractivity contribution is 5.67. The van der Waals surface area contributed by atoms with Crippen LogP contribution in [0.2, 0.25) is 0 Å². The number of nitrogens with one attached hydrogen (secondary N) is 1. The topological polar surface area (TPSA) is 38.3 Å². The van der Waals surface area contributed by atoms with E-state index >= 15 is 0 Å². The van der Waals surface area contributed by atoms with Gasteiger partial charge < -0.3 is 10.1 Å². The molecule has 1 N–H and O–H groups in total. The molecule has 1 rings (SSSR count). The van der Waals surface area contributed by atoms with E-state index in [-0.39, 0.29) is 6.09 Å². The molecule has 0 aliphatic heterocycles. The summed E-state index contributed by atoms with van der Waals surface area (Å²) in [6.07, 6.45) is 3.15. The predicted molar refractivity (Wildman–Crippen MR) is 47.0 cm³/mol. The Bertz CT molecular complexity index is 159. The van der Waals surface area contributed by atoms with E-state index in [1.165, 1.54) is 6.42 Å². The lowest BCUT2D eigenvalue weighted by Gasteiger charge is -2.11. The van der Waals surface area contributed by atoms with Crippen LogP contribution in [0, 0.1) is 5.92 Å². The van der Waals surface area contributed by atoms with E-state index in [1.807, 2.05) is 6.92 Å². The van der Waals surface area contributed by atoms with Crippen LogP contribution in [0.25, 0.3) is 0 Å². The second-order valence-electron chi connectivity index (χ2n) is 3.48. The molecule has 0 spiro atoms. The number of carbonyl (C=O) groups is 1. The number of rotatable bonds is 2. The fourth-order valence-corrected chi connectivity index (χ4v) is 1.68. The first-order valence-electron chi connectivity index (χ1n) is 4.65. The minimum atomic E-state index is -0.267. The molecule has 1 fully saturated rings. The molecule has 0 aromatic carbocycles. The maximum atomic E-state index is 11.0. The van der Waals surface area contributed by atoms with Crippen LogP contribution >= 0.6 is 0 Å². The zero-order valence-electron chi connectivity index (χ0n) is 7.80. The molecule has 0 saturated heterocycles. The first-order chi connectivity index (χ1) is 5.72. The van der Waals surface area contributed by atoms with Crippen LogP contribution in [-0.4, -0.2) is 18.7 Å². The van der Waals surface area contributed by atoms with E-state index in [1.54, 1.807) is 0 Å². The Kier molecular flexibility index (Phi) is 3.38. The average Bonchev–Trinajstić information content (AvgIpc) is 2.36. The van der Waals surface area contributed by atoms with Gasteiger partial charge in [0.05, 0.1) is 6.61 Å². The van der Waals surface area contributed by atoms with Gasteiger partial charge in [-0.2, -0.15) is 0 Å². The predicted octanol–water partition coefficient (Wildman–Crippen LogP) is 1.92. The fourth-order valence-electron chi connectivity index (χ4n) is 1.68. The molecule has 1 aliphatic rings. The maximum Gasteiger partial charge on any atom is 0.407 e. The van der Waals surface area contributed by atoms with Crippen LogP contribution in [0.3, 0.4) is 0 Å². The Balaban J connectivity index is 2.18. The van der Waals surface area contributed by atoms with Crippen molar-refractivity contribution < 1.29 is 9.53 Å². The molecule has 0 radical (unpaired) electrons. The van der Waals surface area contributed by atoms with Crippen LogP contribution in [0.1, 0.15) is 33.1 Å². The minimum Gasteiger partial charge on any atom is -0.450 e. The molecule has 3 nitrogen and oxygen atoms in total. The van der Waals surface area contributed by atoms with Crippen LogP contribution in [0.15, 0.2) is 0 Å². The highest BCUT2D eigenvalue weighted by atomic mass is 16.5. The third kappa shape index (κ3) is 2.72. The van der Waals surface area contributed by atoms with Gasteiger partial charge in [0.25, 0.3) is 0 Å². The monoisotopic (exact) mass is 171 g/mol. The number of carbonyl (C=O) groups excluding carboxylic acids is 1. The van der Waals surface area contributed by atoms with E-state index in [4.69, 9.17) is 4.74 Å². The third-order valence-corrected chi connectivity index (χ3v) is 2.29. The Morgan fingerprint density at radius 2 is 2.33 bits per heavy atom. The van der Waals surface area contributed by atoms with Gasteiger partial charge in [0, 0.05) is 6.04 Å². The Hall–Kier alpha value is -0.730. The number of hydrogen-bond acceptors (Lipinski definition) is 2. The van der Waals surface area contributed by atoms with Crippen molar-refractivity contribution in [1.29, 1.82) is 0 Å². The van der Waals surface area contributed by atoms with Gasteiger partial charge >= 0.3 is 6.09 Å². The fraction of sp³-hybridized carbons (Fsp3) is 0.889. The van der Waals surface area contributed by atoms with Gasteiger partial charge in [-0.3, -0.25) is 0 Å². The summed E-state index contributed by atoms with van der Waals surface area (Å²) in [5.74, 6) is 0.747. The summed E-state index contributed by atoms with van der Waals surface area (Å²) in [7, 11) is 0. The molecule has 12 heavy (non-hydrogen) atoms. The summed E-state index contributed by atoms with van der Waals surface area (Å²) in [4.78, 5) is 11.0. The van der Waals surface area contributed by atoms with Gasteiger partial charge in [-0.05, 0) is 32.1 Å². The maximum absolute atomic E-state index is 11.0. The van der Waals surface area contributed by atoms with E-state index in [0.717, 1.165) is 18.8 Å². The Labute approximate surface area is 73.5 Å². The first-order valence-corrected chi connectivity index (χ1v) is 4.65. The summed E-state index contributed by atoms with van der Waals surface area (Å²) in [5.41, 5.74) is 0. The van der Waals surface area contributed by atoms with Gasteiger partial charge in [-0.15, -0.1) is 0 Å². The Morgan fingerprint density at radius 3 is 2.83 bits per heavy atom.